The molecule has 0 aromatic heterocycles. The number of nitro benzene ring substituents is 1. The van der Waals surface area contributed by atoms with Crippen LogP contribution in [0.25, 0.3) is 0 Å². The number of nitrogens with zero attached hydrogens (tertiary/aromatic N) is 3. The molecule has 1 fully saturated rings. The standard InChI is InChI=1S/C18H15F5N4O5S/c19-13-14(20)16(22)18(17(23)15(13)21)24-12(28)9-25-5-7-26(8-6-25)33(31,32)11-4-2-1-3-10(11)27(29)30/h1-4H,5-9H2,(H,24,28). The maximum Gasteiger partial charge on any atom is 0.289 e. The van der Waals surface area contributed by atoms with Crippen LogP contribution >= 0.6 is 0 Å². The SMILES string of the molecule is O=C(CN1CCN(S(=O)(=O)c2ccccc2[N+](=O)[O-])CC1)Nc1c(F)c(F)c(F)c(F)c1F. The molecule has 0 atom stereocenters. The third-order valence-corrected chi connectivity index (χ3v) is 6.80. The van der Waals surface area contributed by atoms with Crippen molar-refractivity contribution in [3.05, 3.63) is 63.5 Å². The molecule has 1 N–H and O–H groups in total. The number of hydrogen-bond donors (Lipinski definition) is 1. The van der Waals surface area contributed by atoms with Crippen LogP contribution < -0.4 is 5.32 Å². The Labute approximate surface area is 183 Å². The van der Waals surface area contributed by atoms with Crippen LogP contribution in [-0.4, -0.2) is 61.2 Å². The van der Waals surface area contributed by atoms with Crippen LogP contribution in [0, 0.1) is 39.2 Å². The first-order valence-electron chi connectivity index (χ1n) is 9.22. The second kappa shape index (κ2) is 9.36. The quantitative estimate of drug-likeness (QED) is 0.217. The van der Waals surface area contributed by atoms with Gasteiger partial charge in [0, 0.05) is 32.2 Å². The zero-order chi connectivity index (χ0) is 24.5. The molecule has 1 aliphatic rings. The van der Waals surface area contributed by atoms with E-state index in [1.165, 1.54) is 17.0 Å². The largest absolute Gasteiger partial charge is 0.320 e. The van der Waals surface area contributed by atoms with E-state index in [1.54, 1.807) is 5.32 Å². The molecule has 178 valence electrons. The molecule has 2 aromatic rings. The minimum absolute atomic E-state index is 0.0373. The highest BCUT2D eigenvalue weighted by Gasteiger charge is 2.34. The predicted octanol–water partition coefficient (Wildman–Crippen LogP) is 2.24. The number of sulfonamides is 1. The number of piperazine rings is 1. The summed E-state index contributed by atoms with van der Waals surface area (Å²) in [4.78, 5) is 23.3. The van der Waals surface area contributed by atoms with Crippen molar-refractivity contribution in [2.75, 3.05) is 38.0 Å². The van der Waals surface area contributed by atoms with E-state index in [2.05, 4.69) is 0 Å². The number of hydrogen-bond acceptors (Lipinski definition) is 6. The van der Waals surface area contributed by atoms with Crippen LogP contribution in [0.4, 0.5) is 33.3 Å². The Morgan fingerprint density at radius 2 is 1.45 bits per heavy atom. The van der Waals surface area contributed by atoms with Crippen molar-refractivity contribution in [3.63, 3.8) is 0 Å². The number of para-hydroxylation sites is 1. The first kappa shape index (κ1) is 24.5. The number of carbonyl (C=O) groups is 1. The summed E-state index contributed by atoms with van der Waals surface area (Å²) in [6.07, 6.45) is 0. The van der Waals surface area contributed by atoms with Gasteiger partial charge in [0.05, 0.1) is 11.5 Å². The van der Waals surface area contributed by atoms with Crippen molar-refractivity contribution in [1.29, 1.82) is 0 Å². The molecule has 0 spiro atoms. The smallest absolute Gasteiger partial charge is 0.289 e. The number of anilines is 1. The fourth-order valence-corrected chi connectivity index (χ4v) is 4.77. The van der Waals surface area contributed by atoms with Gasteiger partial charge in [0.1, 0.15) is 5.69 Å². The number of carbonyl (C=O) groups excluding carboxylic acids is 1. The lowest BCUT2D eigenvalue weighted by Crippen LogP contribution is -2.50. The van der Waals surface area contributed by atoms with Gasteiger partial charge in [-0.1, -0.05) is 12.1 Å². The summed E-state index contributed by atoms with van der Waals surface area (Å²) in [6, 6.07) is 4.79. The van der Waals surface area contributed by atoms with E-state index in [9.17, 15) is 45.3 Å². The highest BCUT2D eigenvalue weighted by Crippen LogP contribution is 2.28. The van der Waals surface area contributed by atoms with Gasteiger partial charge in [0.25, 0.3) is 5.69 Å². The van der Waals surface area contributed by atoms with Gasteiger partial charge < -0.3 is 5.32 Å². The van der Waals surface area contributed by atoms with E-state index in [0.717, 1.165) is 16.4 Å². The van der Waals surface area contributed by atoms with Crippen LogP contribution in [0.5, 0.6) is 0 Å². The molecule has 2 aromatic carbocycles. The lowest BCUT2D eigenvalue weighted by Gasteiger charge is -2.33. The fraction of sp³-hybridized carbons (Fsp3) is 0.278. The Bertz CT molecular complexity index is 1190. The molecule has 0 radical (unpaired) electrons. The van der Waals surface area contributed by atoms with Gasteiger partial charge in [0.2, 0.25) is 21.7 Å². The van der Waals surface area contributed by atoms with Gasteiger partial charge >= 0.3 is 0 Å². The van der Waals surface area contributed by atoms with E-state index in [-0.39, 0.29) is 26.2 Å². The molecule has 0 unspecified atom stereocenters. The summed E-state index contributed by atoms with van der Waals surface area (Å²) in [5.74, 6) is -12.3. The summed E-state index contributed by atoms with van der Waals surface area (Å²) >= 11 is 0. The first-order chi connectivity index (χ1) is 15.4. The maximum atomic E-state index is 13.7. The summed E-state index contributed by atoms with van der Waals surface area (Å²) < 4.78 is 93.6. The van der Waals surface area contributed by atoms with Crippen molar-refractivity contribution in [2.24, 2.45) is 0 Å². The second-order valence-electron chi connectivity index (χ2n) is 6.90. The Morgan fingerprint density at radius 1 is 0.939 bits per heavy atom. The minimum Gasteiger partial charge on any atom is -0.320 e. The van der Waals surface area contributed by atoms with Crippen molar-refractivity contribution in [3.8, 4) is 0 Å². The van der Waals surface area contributed by atoms with Crippen LogP contribution in [0.3, 0.4) is 0 Å². The molecule has 1 amide bonds. The van der Waals surface area contributed by atoms with Gasteiger partial charge in [-0.2, -0.15) is 4.31 Å². The van der Waals surface area contributed by atoms with Gasteiger partial charge in [-0.05, 0) is 6.07 Å². The van der Waals surface area contributed by atoms with Crippen molar-refractivity contribution in [2.45, 2.75) is 4.90 Å². The van der Waals surface area contributed by atoms with Crippen LogP contribution in [-0.2, 0) is 14.8 Å². The third kappa shape index (κ3) is 4.79. The molecule has 1 heterocycles. The second-order valence-corrected chi connectivity index (χ2v) is 8.80. The summed E-state index contributed by atoms with van der Waals surface area (Å²) in [5.41, 5.74) is -2.09. The number of amides is 1. The molecule has 0 aliphatic carbocycles. The number of benzene rings is 2. The Balaban J connectivity index is 1.66. The van der Waals surface area contributed by atoms with E-state index in [4.69, 9.17) is 0 Å². The summed E-state index contributed by atoms with van der Waals surface area (Å²) in [5, 5.41) is 12.8. The maximum absolute atomic E-state index is 13.7. The zero-order valence-corrected chi connectivity index (χ0v) is 17.3. The number of rotatable bonds is 6. The Hall–Kier alpha value is -3.17. The van der Waals surface area contributed by atoms with Crippen molar-refractivity contribution in [1.82, 2.24) is 9.21 Å². The molecule has 1 saturated heterocycles. The molecule has 3 rings (SSSR count). The van der Waals surface area contributed by atoms with Gasteiger partial charge in [-0.15, -0.1) is 0 Å². The summed E-state index contributed by atoms with van der Waals surface area (Å²) in [7, 11) is -4.22. The Morgan fingerprint density at radius 3 is 2.00 bits per heavy atom. The normalized spacial score (nSPS) is 15.4. The molecule has 0 bridgehead atoms. The van der Waals surface area contributed by atoms with Crippen LogP contribution in [0.1, 0.15) is 0 Å². The topological polar surface area (TPSA) is 113 Å². The molecule has 0 saturated carbocycles. The number of nitrogens with one attached hydrogen (secondary N) is 1. The molecule has 1 aliphatic heterocycles. The summed E-state index contributed by atoms with van der Waals surface area (Å²) in [6.45, 7) is -0.929. The van der Waals surface area contributed by atoms with Crippen molar-refractivity contribution >= 4 is 27.3 Å². The van der Waals surface area contributed by atoms with Crippen LogP contribution in [0.2, 0.25) is 0 Å². The monoisotopic (exact) mass is 494 g/mol. The van der Waals surface area contributed by atoms with Gasteiger partial charge in [-0.25, -0.2) is 30.4 Å². The van der Waals surface area contributed by atoms with E-state index in [0.29, 0.717) is 0 Å². The first-order valence-corrected chi connectivity index (χ1v) is 10.7. The Kier molecular flexibility index (Phi) is 6.94. The highest BCUT2D eigenvalue weighted by molar-refractivity contribution is 7.89. The van der Waals surface area contributed by atoms with E-state index >= 15 is 0 Å². The predicted molar refractivity (Wildman–Crippen MR) is 103 cm³/mol. The molecule has 9 nitrogen and oxygen atoms in total. The van der Waals surface area contributed by atoms with E-state index < -0.39 is 72.8 Å². The lowest BCUT2D eigenvalue weighted by molar-refractivity contribution is -0.387. The lowest BCUT2D eigenvalue weighted by atomic mass is 10.2. The molecular formula is C18H15F5N4O5S. The zero-order valence-electron chi connectivity index (χ0n) is 16.5. The van der Waals surface area contributed by atoms with Gasteiger partial charge in [0.15, 0.2) is 28.2 Å². The molecule has 33 heavy (non-hydrogen) atoms. The average Bonchev–Trinajstić information content (AvgIpc) is 2.79. The van der Waals surface area contributed by atoms with Crippen LogP contribution in [0.15, 0.2) is 29.2 Å². The minimum atomic E-state index is -4.22. The molecular weight excluding hydrogens is 479 g/mol. The highest BCUT2D eigenvalue weighted by atomic mass is 32.2. The average molecular weight is 494 g/mol. The van der Waals surface area contributed by atoms with Crippen molar-refractivity contribution < 1.29 is 40.1 Å². The number of halogens is 5. The molecule has 15 heteroatoms. The fourth-order valence-electron chi connectivity index (χ4n) is 3.19. The third-order valence-electron chi connectivity index (χ3n) is 4.85. The number of nitro groups is 1. The van der Waals surface area contributed by atoms with E-state index in [1.807, 2.05) is 0 Å². The van der Waals surface area contributed by atoms with Gasteiger partial charge in [-0.3, -0.25) is 19.8 Å².